The smallest absolute Gasteiger partial charge is 0.123 e. The number of halogens is 1. The second-order valence-electron chi connectivity index (χ2n) is 5.06. The van der Waals surface area contributed by atoms with E-state index in [0.717, 1.165) is 18.4 Å². The van der Waals surface area contributed by atoms with Crippen LogP contribution < -0.4 is 11.1 Å². The second-order valence-corrected chi connectivity index (χ2v) is 5.06. The molecule has 1 aliphatic rings. The Morgan fingerprint density at radius 3 is 2.65 bits per heavy atom. The first-order valence-corrected chi connectivity index (χ1v) is 6.42. The van der Waals surface area contributed by atoms with Crippen LogP contribution in [0.1, 0.15) is 44.2 Å². The molecule has 0 heterocycles. The molecule has 1 aromatic rings. The largest absolute Gasteiger partial charge is 0.328 e. The molecule has 3 atom stereocenters. The van der Waals surface area contributed by atoms with Crippen LogP contribution in [0.3, 0.4) is 0 Å². The van der Waals surface area contributed by atoms with E-state index in [1.54, 1.807) is 0 Å². The van der Waals surface area contributed by atoms with Crippen molar-refractivity contribution in [3.63, 3.8) is 0 Å². The Kier molecular flexibility index (Phi) is 4.13. The zero-order valence-electron chi connectivity index (χ0n) is 10.3. The summed E-state index contributed by atoms with van der Waals surface area (Å²) < 4.78 is 12.8. The van der Waals surface area contributed by atoms with Crippen LogP contribution in [-0.4, -0.2) is 12.1 Å². The predicted octanol–water partition coefficient (Wildman–Crippen LogP) is 2.75. The van der Waals surface area contributed by atoms with Gasteiger partial charge >= 0.3 is 0 Å². The molecule has 0 amide bonds. The van der Waals surface area contributed by atoms with E-state index >= 15 is 0 Å². The highest BCUT2D eigenvalue weighted by Crippen LogP contribution is 2.21. The average molecular weight is 236 g/mol. The lowest BCUT2D eigenvalue weighted by Gasteiger charge is -2.30. The van der Waals surface area contributed by atoms with Crippen molar-refractivity contribution in [1.82, 2.24) is 5.32 Å². The van der Waals surface area contributed by atoms with Crippen molar-refractivity contribution in [2.45, 2.75) is 50.7 Å². The normalized spacial score (nSPS) is 26.8. The van der Waals surface area contributed by atoms with Crippen LogP contribution in [0, 0.1) is 5.82 Å². The summed E-state index contributed by atoms with van der Waals surface area (Å²) in [6.45, 7) is 2.12. The highest BCUT2D eigenvalue weighted by atomic mass is 19.1. The minimum atomic E-state index is -0.180. The van der Waals surface area contributed by atoms with E-state index in [-0.39, 0.29) is 11.9 Å². The molecule has 3 heteroatoms. The summed E-state index contributed by atoms with van der Waals surface area (Å²) in [4.78, 5) is 0. The maximum absolute atomic E-state index is 12.8. The van der Waals surface area contributed by atoms with Gasteiger partial charge in [0.25, 0.3) is 0 Å². The van der Waals surface area contributed by atoms with Crippen LogP contribution in [0.25, 0.3) is 0 Å². The molecule has 1 saturated carbocycles. The van der Waals surface area contributed by atoms with Gasteiger partial charge in [-0.15, -0.1) is 0 Å². The van der Waals surface area contributed by atoms with E-state index in [0.29, 0.717) is 12.1 Å². The van der Waals surface area contributed by atoms with Crippen molar-refractivity contribution < 1.29 is 4.39 Å². The number of nitrogens with one attached hydrogen (secondary N) is 1. The van der Waals surface area contributed by atoms with Crippen molar-refractivity contribution in [3.05, 3.63) is 35.6 Å². The van der Waals surface area contributed by atoms with Crippen molar-refractivity contribution >= 4 is 0 Å². The SMILES string of the molecule is C[C@@H](NC1CCCC(N)C1)c1ccc(F)cc1. The molecular weight excluding hydrogens is 215 g/mol. The van der Waals surface area contributed by atoms with E-state index in [1.165, 1.54) is 25.0 Å². The first kappa shape index (κ1) is 12.5. The third kappa shape index (κ3) is 3.51. The summed E-state index contributed by atoms with van der Waals surface area (Å²) in [5.74, 6) is -0.180. The molecule has 94 valence electrons. The number of benzene rings is 1. The fraction of sp³-hybridized carbons (Fsp3) is 0.571. The summed E-state index contributed by atoms with van der Waals surface area (Å²) in [6, 6.07) is 7.80. The van der Waals surface area contributed by atoms with E-state index in [9.17, 15) is 4.39 Å². The lowest BCUT2D eigenvalue weighted by molar-refractivity contribution is 0.319. The van der Waals surface area contributed by atoms with Gasteiger partial charge in [0.1, 0.15) is 5.82 Å². The zero-order chi connectivity index (χ0) is 12.3. The van der Waals surface area contributed by atoms with Gasteiger partial charge in [-0.2, -0.15) is 0 Å². The van der Waals surface area contributed by atoms with Gasteiger partial charge in [0, 0.05) is 18.1 Å². The monoisotopic (exact) mass is 236 g/mol. The highest BCUT2D eigenvalue weighted by Gasteiger charge is 2.20. The number of rotatable bonds is 3. The Bertz CT molecular complexity index is 350. The van der Waals surface area contributed by atoms with Crippen molar-refractivity contribution in [1.29, 1.82) is 0 Å². The van der Waals surface area contributed by atoms with E-state index < -0.39 is 0 Å². The molecular formula is C14H21FN2. The van der Waals surface area contributed by atoms with Gasteiger partial charge < -0.3 is 11.1 Å². The summed E-state index contributed by atoms with van der Waals surface area (Å²) >= 11 is 0. The van der Waals surface area contributed by atoms with Gasteiger partial charge in [-0.05, 0) is 43.9 Å². The van der Waals surface area contributed by atoms with Crippen LogP contribution >= 0.6 is 0 Å². The Labute approximate surface area is 102 Å². The van der Waals surface area contributed by atoms with E-state index in [2.05, 4.69) is 12.2 Å². The molecule has 2 rings (SSSR count). The summed E-state index contributed by atoms with van der Waals surface area (Å²) in [6.07, 6.45) is 4.59. The van der Waals surface area contributed by atoms with Gasteiger partial charge in [0.2, 0.25) is 0 Å². The highest BCUT2D eigenvalue weighted by molar-refractivity contribution is 5.19. The molecule has 2 nitrogen and oxygen atoms in total. The molecule has 1 aliphatic carbocycles. The lowest BCUT2D eigenvalue weighted by atomic mass is 9.91. The van der Waals surface area contributed by atoms with E-state index in [1.807, 2.05) is 12.1 Å². The Hall–Kier alpha value is -0.930. The van der Waals surface area contributed by atoms with Crippen molar-refractivity contribution in [2.75, 3.05) is 0 Å². The van der Waals surface area contributed by atoms with Gasteiger partial charge in [-0.1, -0.05) is 18.6 Å². The van der Waals surface area contributed by atoms with Gasteiger partial charge in [-0.25, -0.2) is 4.39 Å². The molecule has 0 radical (unpaired) electrons. The quantitative estimate of drug-likeness (QED) is 0.847. The molecule has 0 spiro atoms. The van der Waals surface area contributed by atoms with Crippen molar-refractivity contribution in [2.24, 2.45) is 5.73 Å². The second kappa shape index (κ2) is 5.61. The van der Waals surface area contributed by atoms with Crippen LogP contribution in [0.4, 0.5) is 4.39 Å². The number of nitrogens with two attached hydrogens (primary N) is 1. The van der Waals surface area contributed by atoms with Gasteiger partial charge in [0.15, 0.2) is 0 Å². The Morgan fingerprint density at radius 2 is 2.00 bits per heavy atom. The summed E-state index contributed by atoms with van der Waals surface area (Å²) in [7, 11) is 0. The topological polar surface area (TPSA) is 38.0 Å². The predicted molar refractivity (Wildman–Crippen MR) is 68.2 cm³/mol. The molecule has 0 bridgehead atoms. The van der Waals surface area contributed by atoms with Crippen LogP contribution in [0.2, 0.25) is 0 Å². The average Bonchev–Trinajstić information content (AvgIpc) is 2.29. The van der Waals surface area contributed by atoms with Crippen LogP contribution in [-0.2, 0) is 0 Å². The minimum Gasteiger partial charge on any atom is -0.328 e. The lowest BCUT2D eigenvalue weighted by Crippen LogP contribution is -2.40. The Morgan fingerprint density at radius 1 is 1.29 bits per heavy atom. The molecule has 1 aromatic carbocycles. The molecule has 17 heavy (non-hydrogen) atoms. The van der Waals surface area contributed by atoms with Crippen LogP contribution in [0.5, 0.6) is 0 Å². The zero-order valence-corrected chi connectivity index (χ0v) is 10.3. The molecule has 0 saturated heterocycles. The molecule has 2 unspecified atom stereocenters. The fourth-order valence-electron chi connectivity index (χ4n) is 2.58. The Balaban J connectivity index is 1.91. The van der Waals surface area contributed by atoms with Crippen molar-refractivity contribution in [3.8, 4) is 0 Å². The van der Waals surface area contributed by atoms with E-state index in [4.69, 9.17) is 5.73 Å². The maximum Gasteiger partial charge on any atom is 0.123 e. The third-order valence-electron chi connectivity index (χ3n) is 3.57. The minimum absolute atomic E-state index is 0.180. The first-order chi connectivity index (χ1) is 8.15. The molecule has 1 fully saturated rings. The molecule has 3 N–H and O–H groups in total. The van der Waals surface area contributed by atoms with Crippen LogP contribution in [0.15, 0.2) is 24.3 Å². The van der Waals surface area contributed by atoms with Gasteiger partial charge in [-0.3, -0.25) is 0 Å². The summed E-state index contributed by atoms with van der Waals surface area (Å²) in [5.41, 5.74) is 7.10. The maximum atomic E-state index is 12.8. The van der Waals surface area contributed by atoms with Gasteiger partial charge in [0.05, 0.1) is 0 Å². The summed E-state index contributed by atoms with van der Waals surface area (Å²) in [5, 5.41) is 3.58. The standard InChI is InChI=1S/C14H21FN2/c1-10(11-5-7-12(15)8-6-11)17-14-4-2-3-13(16)9-14/h5-8,10,13-14,17H,2-4,9,16H2,1H3/t10-,13?,14?/m1/s1. The molecule has 0 aliphatic heterocycles. The first-order valence-electron chi connectivity index (χ1n) is 6.42. The third-order valence-corrected chi connectivity index (χ3v) is 3.57. The number of hydrogen-bond donors (Lipinski definition) is 2. The molecule has 0 aromatic heterocycles. The number of hydrogen-bond acceptors (Lipinski definition) is 2. The fourth-order valence-corrected chi connectivity index (χ4v) is 2.58.